The molecule has 0 aliphatic heterocycles. The zero-order valence-electron chi connectivity index (χ0n) is 6.61. The average Bonchev–Trinajstić information content (AvgIpc) is 2.53. The van der Waals surface area contributed by atoms with Gasteiger partial charge < -0.3 is 5.73 Å². The van der Waals surface area contributed by atoms with Crippen LogP contribution in [-0.2, 0) is 0 Å². The maximum Gasteiger partial charge on any atom is 0.183 e. The molecular weight excluding hydrogens is 174 g/mol. The second-order valence-electron chi connectivity index (χ2n) is 2.61. The molecule has 1 unspecified atom stereocenters. The van der Waals surface area contributed by atoms with E-state index in [9.17, 15) is 0 Å². The number of nitrogens with one attached hydrogen (secondary N) is 1. The van der Waals surface area contributed by atoms with E-state index in [1.54, 1.807) is 6.92 Å². The molecule has 0 bridgehead atoms. The summed E-state index contributed by atoms with van der Waals surface area (Å²) in [6.07, 6.45) is 1.42. The van der Waals surface area contributed by atoms with Crippen molar-refractivity contribution >= 4 is 11.8 Å². The maximum absolute atomic E-state index is 8.59. The molecule has 1 rings (SSSR count). The van der Waals surface area contributed by atoms with Crippen LogP contribution < -0.4 is 5.73 Å². The van der Waals surface area contributed by atoms with Gasteiger partial charge in [0.1, 0.15) is 11.9 Å². The first kappa shape index (κ1) is 9.03. The van der Waals surface area contributed by atoms with E-state index < -0.39 is 5.54 Å². The van der Waals surface area contributed by atoms with Crippen LogP contribution in [0.5, 0.6) is 0 Å². The minimum atomic E-state index is -0.808. The molecule has 0 spiro atoms. The normalized spacial score (nSPS) is 15.1. The van der Waals surface area contributed by atoms with E-state index in [2.05, 4.69) is 15.2 Å². The minimum Gasteiger partial charge on any atom is -0.313 e. The monoisotopic (exact) mass is 183 g/mol. The molecule has 1 aromatic rings. The van der Waals surface area contributed by atoms with Crippen LogP contribution in [0, 0.1) is 11.3 Å². The molecule has 0 fully saturated rings. The molecule has 5 nitrogen and oxygen atoms in total. The number of aromatic nitrogens is 3. The second-order valence-corrected chi connectivity index (χ2v) is 3.57. The molecule has 6 heteroatoms. The fraction of sp³-hybridized carbons (Fsp3) is 0.500. The SMILES string of the molecule is CC(N)(C#N)CSc1ncn[nH]1. The Morgan fingerprint density at radius 2 is 2.67 bits per heavy atom. The number of nitrogens with two attached hydrogens (primary N) is 1. The van der Waals surface area contributed by atoms with E-state index in [0.717, 1.165) is 0 Å². The zero-order valence-corrected chi connectivity index (χ0v) is 7.43. The van der Waals surface area contributed by atoms with E-state index >= 15 is 0 Å². The van der Waals surface area contributed by atoms with Gasteiger partial charge >= 0.3 is 0 Å². The number of hydrogen-bond donors (Lipinski definition) is 2. The van der Waals surface area contributed by atoms with Crippen LogP contribution in [0.2, 0.25) is 0 Å². The maximum atomic E-state index is 8.59. The molecule has 3 N–H and O–H groups in total. The topological polar surface area (TPSA) is 91.4 Å². The summed E-state index contributed by atoms with van der Waals surface area (Å²) in [6, 6.07) is 2.00. The first-order valence-corrected chi connectivity index (χ1v) is 4.31. The van der Waals surface area contributed by atoms with Gasteiger partial charge in [-0.25, -0.2) is 4.98 Å². The van der Waals surface area contributed by atoms with Crippen molar-refractivity contribution in [3.05, 3.63) is 6.33 Å². The second kappa shape index (κ2) is 3.56. The van der Waals surface area contributed by atoms with Gasteiger partial charge in [-0.2, -0.15) is 10.4 Å². The molecule has 1 atom stereocenters. The molecule has 12 heavy (non-hydrogen) atoms. The van der Waals surface area contributed by atoms with E-state index in [1.807, 2.05) is 6.07 Å². The standard InChI is InChI=1S/C6H9N5S/c1-6(8,2-7)3-12-5-9-4-10-11-5/h4H,3,8H2,1H3,(H,9,10,11). The summed E-state index contributed by atoms with van der Waals surface area (Å²) in [5.41, 5.74) is 4.78. The quantitative estimate of drug-likeness (QED) is 0.650. The number of hydrogen-bond acceptors (Lipinski definition) is 5. The Morgan fingerprint density at radius 3 is 3.17 bits per heavy atom. The summed E-state index contributed by atoms with van der Waals surface area (Å²) in [5.74, 6) is 0.499. The van der Waals surface area contributed by atoms with Gasteiger partial charge in [0.05, 0.1) is 6.07 Å². The molecule has 64 valence electrons. The Balaban J connectivity index is 2.42. The van der Waals surface area contributed by atoms with Crippen LogP contribution in [0.1, 0.15) is 6.92 Å². The summed E-state index contributed by atoms with van der Waals surface area (Å²) in [4.78, 5) is 3.88. The van der Waals surface area contributed by atoms with Crippen molar-refractivity contribution in [2.75, 3.05) is 5.75 Å². The Kier molecular flexibility index (Phi) is 2.68. The first-order chi connectivity index (χ1) is 5.64. The van der Waals surface area contributed by atoms with Crippen LogP contribution >= 0.6 is 11.8 Å². The van der Waals surface area contributed by atoms with Gasteiger partial charge in [0.25, 0.3) is 0 Å². The van der Waals surface area contributed by atoms with Gasteiger partial charge in [0, 0.05) is 5.75 Å². The third-order valence-electron chi connectivity index (χ3n) is 1.16. The predicted octanol–water partition coefficient (Wildman–Crippen LogP) is 0.138. The molecule has 0 saturated carbocycles. The van der Waals surface area contributed by atoms with Crippen LogP contribution in [0.15, 0.2) is 11.5 Å². The van der Waals surface area contributed by atoms with Crippen LogP contribution in [-0.4, -0.2) is 26.5 Å². The Labute approximate surface area is 74.4 Å². The molecule has 0 saturated heterocycles. The lowest BCUT2D eigenvalue weighted by Crippen LogP contribution is -2.36. The van der Waals surface area contributed by atoms with Crippen molar-refractivity contribution in [3.8, 4) is 6.07 Å². The summed E-state index contributed by atoms with van der Waals surface area (Å²) >= 11 is 1.38. The van der Waals surface area contributed by atoms with Gasteiger partial charge in [-0.15, -0.1) is 0 Å². The largest absolute Gasteiger partial charge is 0.313 e. The van der Waals surface area contributed by atoms with Gasteiger partial charge in [-0.3, -0.25) is 5.10 Å². The highest BCUT2D eigenvalue weighted by molar-refractivity contribution is 7.99. The van der Waals surface area contributed by atoms with Crippen molar-refractivity contribution in [2.45, 2.75) is 17.6 Å². The number of H-pyrrole nitrogens is 1. The van der Waals surface area contributed by atoms with Gasteiger partial charge in [-0.05, 0) is 6.92 Å². The highest BCUT2D eigenvalue weighted by Gasteiger charge is 2.17. The van der Waals surface area contributed by atoms with Crippen LogP contribution in [0.4, 0.5) is 0 Å². The van der Waals surface area contributed by atoms with Crippen molar-refractivity contribution in [3.63, 3.8) is 0 Å². The van der Waals surface area contributed by atoms with Gasteiger partial charge in [-0.1, -0.05) is 11.8 Å². The molecular formula is C6H9N5S. The molecule has 0 aliphatic rings. The zero-order chi connectivity index (χ0) is 9.03. The lowest BCUT2D eigenvalue weighted by molar-refractivity contribution is 0.681. The van der Waals surface area contributed by atoms with Crippen molar-refractivity contribution < 1.29 is 0 Å². The number of rotatable bonds is 3. The number of nitriles is 1. The van der Waals surface area contributed by atoms with Crippen molar-refractivity contribution in [1.82, 2.24) is 15.2 Å². The van der Waals surface area contributed by atoms with Gasteiger partial charge in [0.15, 0.2) is 5.16 Å². The lowest BCUT2D eigenvalue weighted by Gasteiger charge is -2.12. The van der Waals surface area contributed by atoms with Crippen molar-refractivity contribution in [1.29, 1.82) is 5.26 Å². The van der Waals surface area contributed by atoms with Crippen LogP contribution in [0.3, 0.4) is 0 Å². The minimum absolute atomic E-state index is 0.499. The molecule has 1 heterocycles. The fourth-order valence-corrected chi connectivity index (χ4v) is 1.25. The van der Waals surface area contributed by atoms with Gasteiger partial charge in [0.2, 0.25) is 0 Å². The summed E-state index contributed by atoms with van der Waals surface area (Å²) in [6.45, 7) is 1.68. The van der Waals surface area contributed by atoms with E-state index in [1.165, 1.54) is 18.1 Å². The van der Waals surface area contributed by atoms with E-state index in [-0.39, 0.29) is 0 Å². The van der Waals surface area contributed by atoms with Crippen molar-refractivity contribution in [2.24, 2.45) is 5.73 Å². The molecule has 0 radical (unpaired) electrons. The van der Waals surface area contributed by atoms with E-state index in [4.69, 9.17) is 11.0 Å². The number of nitrogens with zero attached hydrogens (tertiary/aromatic N) is 3. The Bertz CT molecular complexity index is 273. The highest BCUT2D eigenvalue weighted by Crippen LogP contribution is 2.15. The highest BCUT2D eigenvalue weighted by atomic mass is 32.2. The van der Waals surface area contributed by atoms with E-state index in [0.29, 0.717) is 10.9 Å². The number of aromatic amines is 1. The third kappa shape index (κ3) is 2.53. The lowest BCUT2D eigenvalue weighted by atomic mass is 10.1. The third-order valence-corrected chi connectivity index (χ3v) is 2.37. The summed E-state index contributed by atoms with van der Waals surface area (Å²) < 4.78 is 0. The Hall–Kier alpha value is -1.06. The molecule has 0 aromatic carbocycles. The first-order valence-electron chi connectivity index (χ1n) is 3.32. The molecule has 0 amide bonds. The Morgan fingerprint density at radius 1 is 1.92 bits per heavy atom. The fourth-order valence-electron chi connectivity index (χ4n) is 0.514. The summed E-state index contributed by atoms with van der Waals surface area (Å²) in [5, 5.41) is 15.6. The summed E-state index contributed by atoms with van der Waals surface area (Å²) in [7, 11) is 0. The smallest absolute Gasteiger partial charge is 0.183 e. The molecule has 0 aliphatic carbocycles. The number of thioether (sulfide) groups is 1. The van der Waals surface area contributed by atoms with Crippen LogP contribution in [0.25, 0.3) is 0 Å². The molecule has 1 aromatic heterocycles. The predicted molar refractivity (Wildman–Crippen MR) is 45.3 cm³/mol. The average molecular weight is 183 g/mol.